The highest BCUT2D eigenvalue weighted by Gasteiger charge is 2.53. The minimum Gasteiger partial charge on any atom is -0.510 e. The molecular weight excluding hydrogens is 397 g/mol. The number of halogens is 2. The number of pyridine rings is 1. The van der Waals surface area contributed by atoms with E-state index in [2.05, 4.69) is 4.98 Å². The predicted molar refractivity (Wildman–Crippen MR) is 112 cm³/mol. The van der Waals surface area contributed by atoms with Crippen LogP contribution in [0.15, 0.2) is 36.1 Å². The molecule has 1 aromatic carbocycles. The first kappa shape index (κ1) is 20.6. The molecular formula is C22H21Cl2NO3. The van der Waals surface area contributed by atoms with E-state index in [0.29, 0.717) is 11.1 Å². The van der Waals surface area contributed by atoms with Crippen LogP contribution in [-0.4, -0.2) is 21.7 Å². The number of benzene rings is 1. The Morgan fingerprint density at radius 3 is 2.18 bits per heavy atom. The number of rotatable bonds is 2. The van der Waals surface area contributed by atoms with Gasteiger partial charge in [0, 0.05) is 5.56 Å². The van der Waals surface area contributed by atoms with Gasteiger partial charge in [0.2, 0.25) is 0 Å². The highest BCUT2D eigenvalue weighted by atomic mass is 35.5. The van der Waals surface area contributed by atoms with Crippen molar-refractivity contribution < 1.29 is 14.7 Å². The van der Waals surface area contributed by atoms with Gasteiger partial charge in [0.1, 0.15) is 16.1 Å². The van der Waals surface area contributed by atoms with Crippen molar-refractivity contribution in [1.29, 1.82) is 0 Å². The smallest absolute Gasteiger partial charge is 0.179 e. The molecule has 1 heterocycles. The van der Waals surface area contributed by atoms with Gasteiger partial charge in [0.25, 0.3) is 0 Å². The van der Waals surface area contributed by atoms with Gasteiger partial charge >= 0.3 is 0 Å². The zero-order valence-electron chi connectivity index (χ0n) is 16.4. The Morgan fingerprint density at radius 2 is 1.57 bits per heavy atom. The molecule has 0 unspecified atom stereocenters. The van der Waals surface area contributed by atoms with Gasteiger partial charge in [-0.1, -0.05) is 35.3 Å². The maximum atomic E-state index is 13.2. The lowest BCUT2D eigenvalue weighted by molar-refractivity contribution is -0.143. The Balaban J connectivity index is 2.27. The number of nitrogens with zero attached hydrogens (tertiary/aromatic N) is 1. The Hall–Kier alpha value is -2.17. The van der Waals surface area contributed by atoms with Crippen LogP contribution in [0.1, 0.15) is 38.8 Å². The van der Waals surface area contributed by atoms with Crippen LogP contribution in [0.5, 0.6) is 0 Å². The summed E-state index contributed by atoms with van der Waals surface area (Å²) in [6.07, 6.45) is 0. The second-order valence-electron chi connectivity index (χ2n) is 8.13. The number of allylic oxidation sites excluding steroid dienone is 2. The van der Waals surface area contributed by atoms with E-state index < -0.39 is 16.6 Å². The van der Waals surface area contributed by atoms with Crippen LogP contribution < -0.4 is 0 Å². The maximum absolute atomic E-state index is 13.2. The van der Waals surface area contributed by atoms with Crippen molar-refractivity contribution in [2.24, 2.45) is 10.8 Å². The molecule has 1 aromatic heterocycles. The van der Waals surface area contributed by atoms with Crippen LogP contribution in [0.25, 0.3) is 16.7 Å². The zero-order chi connectivity index (χ0) is 21.0. The van der Waals surface area contributed by atoms with Gasteiger partial charge < -0.3 is 5.11 Å². The van der Waals surface area contributed by atoms with Crippen LogP contribution in [0, 0.1) is 17.8 Å². The molecule has 4 nitrogen and oxygen atoms in total. The Bertz CT molecular complexity index is 1050. The lowest BCUT2D eigenvalue weighted by Gasteiger charge is -2.38. The number of hydrogen-bond acceptors (Lipinski definition) is 4. The molecule has 1 aliphatic rings. The molecule has 3 rings (SSSR count). The summed E-state index contributed by atoms with van der Waals surface area (Å²) >= 11 is 12.1. The zero-order valence-corrected chi connectivity index (χ0v) is 17.9. The van der Waals surface area contributed by atoms with Gasteiger partial charge in [-0.05, 0) is 69.5 Å². The first-order chi connectivity index (χ1) is 12.9. The van der Waals surface area contributed by atoms with E-state index in [0.717, 1.165) is 11.1 Å². The fourth-order valence-corrected chi connectivity index (χ4v) is 4.11. The van der Waals surface area contributed by atoms with E-state index in [1.165, 1.54) is 0 Å². The number of aromatic nitrogens is 1. The molecule has 0 bridgehead atoms. The van der Waals surface area contributed by atoms with Gasteiger partial charge in [0.15, 0.2) is 11.6 Å². The van der Waals surface area contributed by atoms with E-state index in [4.69, 9.17) is 23.2 Å². The summed E-state index contributed by atoms with van der Waals surface area (Å²) < 4.78 is 0. The summed E-state index contributed by atoms with van der Waals surface area (Å²) in [5.41, 5.74) is 0.548. The number of aliphatic hydroxyl groups excluding tert-OH is 1. The van der Waals surface area contributed by atoms with Crippen LogP contribution in [0.4, 0.5) is 0 Å². The van der Waals surface area contributed by atoms with Crippen LogP contribution >= 0.6 is 23.2 Å². The Kier molecular flexibility index (Phi) is 4.93. The lowest BCUT2D eigenvalue weighted by Crippen LogP contribution is -2.48. The standard InChI is InChI=1S/C22H21Cl2NO3/c1-11-6-7-12(13-8-9-15(23)25-19(13)24)10-14(11)16-17(26)21(2,3)20(28)22(4,5)18(16)27/h6-10,26H,1-5H3. The normalized spacial score (nSPS) is 18.5. The SMILES string of the molecule is Cc1ccc(-c2ccc(Cl)nc2Cl)cc1C1=C(O)C(C)(C)C(=O)C(C)(C)C1=O. The molecule has 0 aliphatic heterocycles. The molecule has 6 heteroatoms. The highest BCUT2D eigenvalue weighted by molar-refractivity contribution is 6.35. The molecule has 28 heavy (non-hydrogen) atoms. The van der Waals surface area contributed by atoms with Crippen molar-refractivity contribution in [2.75, 3.05) is 0 Å². The molecule has 0 fully saturated rings. The highest BCUT2D eigenvalue weighted by Crippen LogP contribution is 2.47. The molecule has 0 atom stereocenters. The molecule has 1 N–H and O–H groups in total. The van der Waals surface area contributed by atoms with Crippen molar-refractivity contribution in [3.63, 3.8) is 0 Å². The van der Waals surface area contributed by atoms with Crippen LogP contribution in [0.2, 0.25) is 10.3 Å². The quantitative estimate of drug-likeness (QED) is 0.492. The summed E-state index contributed by atoms with van der Waals surface area (Å²) in [6, 6.07) is 8.88. The van der Waals surface area contributed by atoms with Gasteiger partial charge in [-0.2, -0.15) is 0 Å². The summed E-state index contributed by atoms with van der Waals surface area (Å²) in [5.74, 6) is -0.901. The molecule has 2 aromatic rings. The number of aryl methyl sites for hydroxylation is 1. The molecule has 0 amide bonds. The van der Waals surface area contributed by atoms with E-state index >= 15 is 0 Å². The molecule has 1 aliphatic carbocycles. The van der Waals surface area contributed by atoms with Crippen LogP contribution in [-0.2, 0) is 9.59 Å². The number of hydrogen-bond donors (Lipinski definition) is 1. The topological polar surface area (TPSA) is 67.3 Å². The van der Waals surface area contributed by atoms with E-state index in [-0.39, 0.29) is 27.4 Å². The van der Waals surface area contributed by atoms with Crippen molar-refractivity contribution in [3.05, 3.63) is 57.5 Å². The molecule has 0 saturated heterocycles. The number of carbonyl (C=O) groups is 2. The van der Waals surface area contributed by atoms with Crippen molar-refractivity contribution in [3.8, 4) is 11.1 Å². The average molecular weight is 418 g/mol. The van der Waals surface area contributed by atoms with E-state index in [1.807, 2.05) is 19.1 Å². The Morgan fingerprint density at radius 1 is 0.929 bits per heavy atom. The number of aliphatic hydroxyl groups is 1. The van der Waals surface area contributed by atoms with Gasteiger partial charge in [-0.25, -0.2) is 4.98 Å². The largest absolute Gasteiger partial charge is 0.510 e. The van der Waals surface area contributed by atoms with Gasteiger partial charge in [-0.15, -0.1) is 0 Å². The molecule has 146 valence electrons. The van der Waals surface area contributed by atoms with Crippen molar-refractivity contribution >= 4 is 40.3 Å². The number of carbonyl (C=O) groups excluding carboxylic acids is 2. The lowest BCUT2D eigenvalue weighted by atomic mass is 9.62. The monoisotopic (exact) mass is 417 g/mol. The minimum absolute atomic E-state index is 0.173. The minimum atomic E-state index is -1.23. The van der Waals surface area contributed by atoms with Crippen molar-refractivity contribution in [2.45, 2.75) is 34.6 Å². The number of Topliss-reactive ketones (excluding diaryl/α,β-unsaturated/α-hetero) is 2. The summed E-state index contributed by atoms with van der Waals surface area (Å²) in [4.78, 5) is 30.0. The fourth-order valence-electron chi connectivity index (χ4n) is 3.66. The fraction of sp³-hybridized carbons (Fsp3) is 0.318. The third kappa shape index (κ3) is 3.05. The first-order valence-corrected chi connectivity index (χ1v) is 9.61. The molecule has 0 radical (unpaired) electrons. The first-order valence-electron chi connectivity index (χ1n) is 8.86. The second kappa shape index (κ2) is 6.71. The van der Waals surface area contributed by atoms with E-state index in [9.17, 15) is 14.7 Å². The van der Waals surface area contributed by atoms with Gasteiger partial charge in [-0.3, -0.25) is 9.59 Å². The van der Waals surface area contributed by atoms with Crippen LogP contribution in [0.3, 0.4) is 0 Å². The maximum Gasteiger partial charge on any atom is 0.179 e. The van der Waals surface area contributed by atoms with E-state index in [1.54, 1.807) is 45.9 Å². The molecule has 0 spiro atoms. The third-order valence-electron chi connectivity index (χ3n) is 5.39. The summed E-state index contributed by atoms with van der Waals surface area (Å²) in [7, 11) is 0. The predicted octanol–water partition coefficient (Wildman–Crippen LogP) is 5.84. The van der Waals surface area contributed by atoms with Gasteiger partial charge in [0.05, 0.1) is 16.4 Å². The summed E-state index contributed by atoms with van der Waals surface area (Å²) in [6.45, 7) is 8.33. The second-order valence-corrected chi connectivity index (χ2v) is 8.88. The summed E-state index contributed by atoms with van der Waals surface area (Å²) in [5, 5.41) is 11.4. The Labute approximate surface area is 174 Å². The van der Waals surface area contributed by atoms with Crippen molar-refractivity contribution in [1.82, 2.24) is 4.98 Å². The number of ketones is 2. The average Bonchev–Trinajstić information content (AvgIpc) is 2.61. The molecule has 0 saturated carbocycles. The third-order valence-corrected chi connectivity index (χ3v) is 5.89.